The van der Waals surface area contributed by atoms with Crippen molar-refractivity contribution in [2.75, 3.05) is 5.73 Å². The minimum absolute atomic E-state index is 0.381. The average Bonchev–Trinajstić information content (AvgIpc) is 2.54. The van der Waals surface area contributed by atoms with Gasteiger partial charge in [-0.1, -0.05) is 0 Å². The van der Waals surface area contributed by atoms with Crippen molar-refractivity contribution in [3.63, 3.8) is 0 Å². The van der Waals surface area contributed by atoms with E-state index in [1.54, 1.807) is 18.5 Å². The fraction of sp³-hybridized carbons (Fsp3) is 0. The summed E-state index contributed by atoms with van der Waals surface area (Å²) in [5.74, 6) is 0.381. The van der Waals surface area contributed by atoms with Gasteiger partial charge < -0.3 is 5.73 Å². The summed E-state index contributed by atoms with van der Waals surface area (Å²) in [4.78, 5) is 1.39. The molecule has 0 radical (unpaired) electrons. The molecule has 2 aromatic heterocycles. The van der Waals surface area contributed by atoms with E-state index in [4.69, 9.17) is 5.73 Å². The lowest BCUT2D eigenvalue weighted by Crippen LogP contribution is -2.00. The van der Waals surface area contributed by atoms with Crippen LogP contribution >= 0.6 is 0 Å². The first-order valence-electron chi connectivity index (χ1n) is 3.31. The molecule has 0 amide bonds. The molecule has 2 N–H and O–H groups in total. The van der Waals surface area contributed by atoms with Crippen LogP contribution in [-0.2, 0) is 0 Å². The lowest BCUT2D eigenvalue weighted by atomic mass is 10.5. The molecule has 0 saturated heterocycles. The molecule has 0 spiro atoms. The second-order valence-electron chi connectivity index (χ2n) is 2.16. The van der Waals surface area contributed by atoms with Crippen LogP contribution in [0, 0.1) is 0 Å². The van der Waals surface area contributed by atoms with Crippen molar-refractivity contribution in [3.8, 4) is 5.69 Å². The summed E-state index contributed by atoms with van der Waals surface area (Å²) < 4.78 is 0. The molecule has 12 heavy (non-hydrogen) atoms. The summed E-state index contributed by atoms with van der Waals surface area (Å²) in [6.45, 7) is 0. The van der Waals surface area contributed by atoms with Crippen LogP contribution in [0.15, 0.2) is 24.7 Å². The molecule has 0 aliphatic carbocycles. The van der Waals surface area contributed by atoms with E-state index in [9.17, 15) is 0 Å². The minimum atomic E-state index is 0.381. The van der Waals surface area contributed by atoms with E-state index >= 15 is 0 Å². The van der Waals surface area contributed by atoms with Crippen LogP contribution in [0.2, 0.25) is 0 Å². The minimum Gasteiger partial charge on any atom is -0.381 e. The van der Waals surface area contributed by atoms with Crippen molar-refractivity contribution in [2.45, 2.75) is 0 Å². The van der Waals surface area contributed by atoms with Crippen molar-refractivity contribution in [1.82, 2.24) is 25.2 Å². The van der Waals surface area contributed by atoms with Gasteiger partial charge in [-0.2, -0.15) is 15.3 Å². The van der Waals surface area contributed by atoms with Crippen LogP contribution in [0.25, 0.3) is 5.69 Å². The van der Waals surface area contributed by atoms with Crippen LogP contribution in [-0.4, -0.2) is 25.2 Å². The SMILES string of the molecule is Nc1cnn(-c2ccnnc2)n1. The number of nitrogens with two attached hydrogens (primary N) is 1. The highest BCUT2D eigenvalue weighted by molar-refractivity contribution is 5.27. The van der Waals surface area contributed by atoms with Crippen molar-refractivity contribution in [3.05, 3.63) is 24.7 Å². The van der Waals surface area contributed by atoms with Gasteiger partial charge in [0.1, 0.15) is 5.69 Å². The molecule has 0 bridgehead atoms. The molecule has 0 atom stereocenters. The molecule has 0 aliphatic rings. The molecule has 0 saturated carbocycles. The Hall–Kier alpha value is -1.98. The van der Waals surface area contributed by atoms with Crippen LogP contribution in [0.5, 0.6) is 0 Å². The van der Waals surface area contributed by atoms with Gasteiger partial charge in [0.15, 0.2) is 5.82 Å². The zero-order chi connectivity index (χ0) is 8.39. The number of hydrogen-bond donors (Lipinski definition) is 1. The number of nitrogens with zero attached hydrogens (tertiary/aromatic N) is 5. The van der Waals surface area contributed by atoms with E-state index in [1.807, 2.05) is 0 Å². The molecule has 0 aliphatic heterocycles. The Bertz CT molecular complexity index is 367. The molecule has 6 heteroatoms. The van der Waals surface area contributed by atoms with Crippen LogP contribution in [0.3, 0.4) is 0 Å². The highest BCUT2D eigenvalue weighted by Gasteiger charge is 1.98. The summed E-state index contributed by atoms with van der Waals surface area (Å²) in [7, 11) is 0. The van der Waals surface area contributed by atoms with Gasteiger partial charge >= 0.3 is 0 Å². The van der Waals surface area contributed by atoms with Gasteiger partial charge in [0, 0.05) is 0 Å². The normalized spacial score (nSPS) is 10.0. The first-order valence-corrected chi connectivity index (χ1v) is 3.31. The summed E-state index contributed by atoms with van der Waals surface area (Å²) in [6.07, 6.45) is 4.59. The maximum atomic E-state index is 5.39. The standard InChI is InChI=1S/C6H6N6/c7-6-4-10-12(11-6)5-1-2-8-9-3-5/h1-4H,(H2,7,11). The fourth-order valence-electron chi connectivity index (χ4n) is 0.801. The third-order valence-electron chi connectivity index (χ3n) is 1.31. The Labute approximate surface area is 68.0 Å². The Kier molecular flexibility index (Phi) is 1.44. The number of rotatable bonds is 1. The molecule has 60 valence electrons. The van der Waals surface area contributed by atoms with Crippen molar-refractivity contribution >= 4 is 5.82 Å². The smallest absolute Gasteiger partial charge is 0.166 e. The highest BCUT2D eigenvalue weighted by atomic mass is 15.5. The summed E-state index contributed by atoms with van der Waals surface area (Å²) in [6, 6.07) is 1.74. The van der Waals surface area contributed by atoms with Gasteiger partial charge in [-0.3, -0.25) is 0 Å². The van der Waals surface area contributed by atoms with Gasteiger partial charge in [-0.15, -0.1) is 9.90 Å². The van der Waals surface area contributed by atoms with E-state index in [0.29, 0.717) is 5.82 Å². The van der Waals surface area contributed by atoms with E-state index in [2.05, 4.69) is 20.4 Å². The molecule has 2 aromatic rings. The number of nitrogen functional groups attached to an aromatic ring is 1. The van der Waals surface area contributed by atoms with Gasteiger partial charge in [0.25, 0.3) is 0 Å². The Morgan fingerprint density at radius 3 is 2.75 bits per heavy atom. The predicted octanol–water partition coefficient (Wildman–Crippen LogP) is -0.361. The lowest BCUT2D eigenvalue weighted by Gasteiger charge is -1.94. The maximum Gasteiger partial charge on any atom is 0.166 e. The van der Waals surface area contributed by atoms with E-state index < -0.39 is 0 Å². The third-order valence-corrected chi connectivity index (χ3v) is 1.31. The van der Waals surface area contributed by atoms with Crippen molar-refractivity contribution < 1.29 is 0 Å². The number of hydrogen-bond acceptors (Lipinski definition) is 5. The largest absolute Gasteiger partial charge is 0.381 e. The van der Waals surface area contributed by atoms with Crippen molar-refractivity contribution in [1.29, 1.82) is 0 Å². The summed E-state index contributed by atoms with van der Waals surface area (Å²) >= 11 is 0. The average molecular weight is 162 g/mol. The van der Waals surface area contributed by atoms with E-state index in [1.165, 1.54) is 11.0 Å². The van der Waals surface area contributed by atoms with Crippen LogP contribution < -0.4 is 5.73 Å². The number of aromatic nitrogens is 5. The topological polar surface area (TPSA) is 82.5 Å². The zero-order valence-corrected chi connectivity index (χ0v) is 6.12. The van der Waals surface area contributed by atoms with Gasteiger partial charge in [-0.25, -0.2) is 0 Å². The van der Waals surface area contributed by atoms with E-state index in [0.717, 1.165) is 5.69 Å². The van der Waals surface area contributed by atoms with Crippen molar-refractivity contribution in [2.24, 2.45) is 0 Å². The molecule has 6 nitrogen and oxygen atoms in total. The van der Waals surface area contributed by atoms with Gasteiger partial charge in [-0.05, 0) is 6.07 Å². The Morgan fingerprint density at radius 1 is 1.25 bits per heavy atom. The molecule has 0 fully saturated rings. The van der Waals surface area contributed by atoms with Crippen LogP contribution in [0.1, 0.15) is 0 Å². The monoisotopic (exact) mass is 162 g/mol. The Balaban J connectivity index is 2.45. The fourth-order valence-corrected chi connectivity index (χ4v) is 0.801. The molecular weight excluding hydrogens is 156 g/mol. The first-order chi connectivity index (χ1) is 5.86. The van der Waals surface area contributed by atoms with E-state index in [-0.39, 0.29) is 0 Å². The maximum absolute atomic E-state index is 5.39. The zero-order valence-electron chi connectivity index (χ0n) is 6.12. The molecule has 0 unspecified atom stereocenters. The predicted molar refractivity (Wildman–Crippen MR) is 41.4 cm³/mol. The Morgan fingerprint density at radius 2 is 2.17 bits per heavy atom. The first kappa shape index (κ1) is 6.71. The summed E-state index contributed by atoms with van der Waals surface area (Å²) in [5.41, 5.74) is 6.12. The van der Waals surface area contributed by atoms with Gasteiger partial charge in [0.05, 0.1) is 18.6 Å². The highest BCUT2D eigenvalue weighted by Crippen LogP contribution is 2.01. The third kappa shape index (κ3) is 1.09. The quantitative estimate of drug-likeness (QED) is 0.619. The van der Waals surface area contributed by atoms with Gasteiger partial charge in [0.2, 0.25) is 0 Å². The van der Waals surface area contributed by atoms with Crippen LogP contribution in [0.4, 0.5) is 5.82 Å². The second kappa shape index (κ2) is 2.57. The molecule has 2 rings (SSSR count). The second-order valence-corrected chi connectivity index (χ2v) is 2.16. The molecule has 0 aromatic carbocycles. The summed E-state index contributed by atoms with van der Waals surface area (Å²) in [5, 5.41) is 15.1. The molecule has 2 heterocycles. The molecular formula is C6H6N6. The number of anilines is 1. The lowest BCUT2D eigenvalue weighted by molar-refractivity contribution is 0.745.